The van der Waals surface area contributed by atoms with Crippen LogP contribution in [0.4, 0.5) is 23.4 Å². The van der Waals surface area contributed by atoms with E-state index in [9.17, 15) is 27.2 Å². The molecule has 0 aliphatic carbocycles. The summed E-state index contributed by atoms with van der Waals surface area (Å²) in [7, 11) is 0. The quantitative estimate of drug-likeness (QED) is 0.480. The molecule has 2 heterocycles. The molecule has 1 aliphatic rings. The van der Waals surface area contributed by atoms with Crippen LogP contribution in [-0.4, -0.2) is 34.2 Å². The Morgan fingerprint density at radius 2 is 1.81 bits per heavy atom. The number of anilines is 1. The number of aryl methyl sites for hydroxylation is 2. The van der Waals surface area contributed by atoms with Crippen molar-refractivity contribution < 1.29 is 27.2 Å². The predicted molar refractivity (Wildman–Crippen MR) is 126 cm³/mol. The molecular formula is C26H26F4N4O2. The molecule has 0 saturated heterocycles. The Kier molecular flexibility index (Phi) is 6.88. The molecule has 0 fully saturated rings. The van der Waals surface area contributed by atoms with E-state index in [4.69, 9.17) is 0 Å². The van der Waals surface area contributed by atoms with Crippen molar-refractivity contribution in [2.75, 3.05) is 11.4 Å². The first-order chi connectivity index (χ1) is 17.1. The predicted octanol–water partition coefficient (Wildman–Crippen LogP) is 5.06. The lowest BCUT2D eigenvalue weighted by Crippen LogP contribution is -2.55. The van der Waals surface area contributed by atoms with E-state index in [0.717, 1.165) is 24.6 Å². The third kappa shape index (κ3) is 4.59. The zero-order valence-corrected chi connectivity index (χ0v) is 20.1. The van der Waals surface area contributed by atoms with Crippen LogP contribution in [0.1, 0.15) is 58.9 Å². The number of nitrogens with one attached hydrogen (secondary N) is 1. The number of fused-ring (bicyclic) bond motifs is 1. The van der Waals surface area contributed by atoms with Crippen LogP contribution in [0.25, 0.3) is 0 Å². The summed E-state index contributed by atoms with van der Waals surface area (Å²) in [6.45, 7) is 6.45. The molecule has 2 unspecified atom stereocenters. The molecule has 4 rings (SSSR count). The number of hydrogen-bond acceptors (Lipinski definition) is 3. The van der Waals surface area contributed by atoms with Gasteiger partial charge in [-0.1, -0.05) is 25.1 Å². The monoisotopic (exact) mass is 502 g/mol. The number of hydrogen-bond donors (Lipinski definition) is 1. The van der Waals surface area contributed by atoms with E-state index in [0.29, 0.717) is 35.7 Å². The Morgan fingerprint density at radius 3 is 2.42 bits per heavy atom. The summed E-state index contributed by atoms with van der Waals surface area (Å²) in [4.78, 5) is 28.4. The van der Waals surface area contributed by atoms with Crippen molar-refractivity contribution in [2.45, 2.75) is 51.9 Å². The Bertz CT molecular complexity index is 1280. The molecule has 1 aliphatic heterocycles. The number of carbonyl (C=O) groups excluding carboxylic acids is 2. The molecule has 0 spiro atoms. The second-order valence-electron chi connectivity index (χ2n) is 8.69. The largest absolute Gasteiger partial charge is 0.416 e. The lowest BCUT2D eigenvalue weighted by atomic mass is 9.81. The molecule has 2 aromatic carbocycles. The third-order valence-corrected chi connectivity index (χ3v) is 6.30. The van der Waals surface area contributed by atoms with Crippen molar-refractivity contribution in [1.82, 2.24) is 15.1 Å². The molecule has 2 atom stereocenters. The Labute approximate surface area is 205 Å². The van der Waals surface area contributed by atoms with Crippen LogP contribution in [-0.2, 0) is 17.5 Å². The van der Waals surface area contributed by atoms with Crippen LogP contribution in [0, 0.1) is 12.7 Å². The van der Waals surface area contributed by atoms with Gasteiger partial charge in [0.2, 0.25) is 0 Å². The molecule has 0 saturated carbocycles. The van der Waals surface area contributed by atoms with E-state index in [1.807, 2.05) is 6.92 Å². The Hall–Kier alpha value is -3.69. The summed E-state index contributed by atoms with van der Waals surface area (Å²) < 4.78 is 55.1. The number of carbonyl (C=O) groups is 2. The fourth-order valence-corrected chi connectivity index (χ4v) is 4.72. The van der Waals surface area contributed by atoms with Gasteiger partial charge in [-0.3, -0.25) is 14.5 Å². The zero-order chi connectivity index (χ0) is 26.2. The maximum atomic E-state index is 13.7. The van der Waals surface area contributed by atoms with E-state index in [1.54, 1.807) is 30.7 Å². The smallest absolute Gasteiger partial charge is 0.339 e. The number of likely N-dealkylation sites (N-methyl/N-ethyl adjacent to an activating group) is 1. The highest BCUT2D eigenvalue weighted by atomic mass is 19.4. The van der Waals surface area contributed by atoms with Crippen molar-refractivity contribution in [1.29, 1.82) is 0 Å². The van der Waals surface area contributed by atoms with Crippen molar-refractivity contribution in [3.05, 3.63) is 82.3 Å². The highest BCUT2D eigenvalue weighted by molar-refractivity contribution is 6.05. The molecule has 10 heteroatoms. The van der Waals surface area contributed by atoms with Gasteiger partial charge < -0.3 is 5.32 Å². The van der Waals surface area contributed by atoms with E-state index in [2.05, 4.69) is 10.4 Å². The first kappa shape index (κ1) is 25.4. The van der Waals surface area contributed by atoms with Crippen LogP contribution in [0.3, 0.4) is 0 Å². The summed E-state index contributed by atoms with van der Waals surface area (Å²) in [6, 6.07) is 8.52. The number of amides is 2. The van der Waals surface area contributed by atoms with Crippen LogP contribution in [0.15, 0.2) is 48.5 Å². The zero-order valence-electron chi connectivity index (χ0n) is 20.1. The highest BCUT2D eigenvalue weighted by Gasteiger charge is 2.45. The van der Waals surface area contributed by atoms with E-state index in [1.165, 1.54) is 23.1 Å². The third-order valence-electron chi connectivity index (χ3n) is 6.30. The van der Waals surface area contributed by atoms with Gasteiger partial charge in [0.05, 0.1) is 11.3 Å². The molecule has 0 radical (unpaired) electrons. The second kappa shape index (κ2) is 9.75. The van der Waals surface area contributed by atoms with Crippen molar-refractivity contribution in [2.24, 2.45) is 0 Å². The second-order valence-corrected chi connectivity index (χ2v) is 8.69. The number of nitrogens with zero attached hydrogens (tertiary/aromatic N) is 3. The maximum Gasteiger partial charge on any atom is 0.416 e. The summed E-state index contributed by atoms with van der Waals surface area (Å²) in [6.07, 6.45) is -3.84. The van der Waals surface area contributed by atoms with Gasteiger partial charge in [0.25, 0.3) is 11.8 Å². The van der Waals surface area contributed by atoms with Gasteiger partial charge in [0.15, 0.2) is 0 Å². The number of halogens is 4. The van der Waals surface area contributed by atoms with Crippen LogP contribution in [0.2, 0.25) is 0 Å². The Balaban J connectivity index is 1.83. The van der Waals surface area contributed by atoms with E-state index < -0.39 is 41.3 Å². The van der Waals surface area contributed by atoms with Crippen molar-refractivity contribution >= 4 is 17.6 Å². The summed E-state index contributed by atoms with van der Waals surface area (Å²) in [5.74, 6) is -1.79. The van der Waals surface area contributed by atoms with Gasteiger partial charge in [-0.05, 0) is 56.2 Å². The normalized spacial score (nSPS) is 17.8. The lowest BCUT2D eigenvalue weighted by Gasteiger charge is -2.38. The summed E-state index contributed by atoms with van der Waals surface area (Å²) in [5.41, 5.74) is 0.759. The Morgan fingerprint density at radius 1 is 1.11 bits per heavy atom. The molecule has 2 amide bonds. The van der Waals surface area contributed by atoms with Gasteiger partial charge in [0, 0.05) is 30.1 Å². The summed E-state index contributed by atoms with van der Waals surface area (Å²) >= 11 is 0. The first-order valence-corrected chi connectivity index (χ1v) is 11.7. The van der Waals surface area contributed by atoms with E-state index in [-0.39, 0.29) is 5.56 Å². The lowest BCUT2D eigenvalue weighted by molar-refractivity contribution is -0.137. The fourth-order valence-electron chi connectivity index (χ4n) is 4.72. The topological polar surface area (TPSA) is 67.2 Å². The molecule has 3 aromatic rings. The van der Waals surface area contributed by atoms with E-state index >= 15 is 0 Å². The van der Waals surface area contributed by atoms with Gasteiger partial charge >= 0.3 is 6.18 Å². The first-order valence-electron chi connectivity index (χ1n) is 11.7. The average molecular weight is 503 g/mol. The summed E-state index contributed by atoms with van der Waals surface area (Å²) in [5, 5.41) is 7.30. The van der Waals surface area contributed by atoms with Crippen LogP contribution in [0.5, 0.6) is 0 Å². The van der Waals surface area contributed by atoms with Crippen LogP contribution >= 0.6 is 0 Å². The van der Waals surface area contributed by atoms with Gasteiger partial charge in [0.1, 0.15) is 17.7 Å². The van der Waals surface area contributed by atoms with Gasteiger partial charge in [-0.15, -0.1) is 0 Å². The number of benzene rings is 2. The van der Waals surface area contributed by atoms with Crippen LogP contribution < -0.4 is 10.2 Å². The standard InChI is InChI=1S/C26H26F4N4O2/c1-4-13-34-24-20(15(3)32-34)21(16-9-11-19(27)12-10-16)22(25(36)33(24)5-2)31-23(35)17-7-6-8-18(14-17)26(28,29)30/h6-12,14,21-22H,4-5,13H2,1-3H3,(H,31,35). The number of alkyl halides is 3. The molecular weight excluding hydrogens is 476 g/mol. The van der Waals surface area contributed by atoms with Crippen molar-refractivity contribution in [3.8, 4) is 0 Å². The SMILES string of the molecule is CCCn1nc(C)c2c1N(CC)C(=O)C(NC(=O)c1cccc(C(F)(F)F)c1)C2c1ccc(F)cc1. The minimum atomic E-state index is -4.62. The fraction of sp³-hybridized carbons (Fsp3) is 0.346. The van der Waals surface area contributed by atoms with Crippen molar-refractivity contribution in [3.63, 3.8) is 0 Å². The average Bonchev–Trinajstić information content (AvgIpc) is 3.15. The molecule has 1 N–H and O–H groups in total. The number of aromatic nitrogens is 2. The minimum Gasteiger partial charge on any atom is -0.339 e. The van der Waals surface area contributed by atoms with Gasteiger partial charge in [-0.25, -0.2) is 9.07 Å². The molecule has 6 nitrogen and oxygen atoms in total. The van der Waals surface area contributed by atoms with Gasteiger partial charge in [-0.2, -0.15) is 18.3 Å². The minimum absolute atomic E-state index is 0.220. The molecule has 36 heavy (non-hydrogen) atoms. The molecule has 1 aromatic heterocycles. The molecule has 190 valence electrons. The molecule has 0 bridgehead atoms. The number of rotatable bonds is 6. The highest BCUT2D eigenvalue weighted by Crippen LogP contribution is 2.42. The maximum absolute atomic E-state index is 13.7.